The molecule has 4 rings (SSSR count). The largest absolute Gasteiger partial charge is 0.496 e. The van der Waals surface area contributed by atoms with E-state index in [9.17, 15) is 27.2 Å². The Bertz CT molecular complexity index is 1320. The third kappa shape index (κ3) is 5.63. The van der Waals surface area contributed by atoms with Crippen molar-refractivity contribution in [3.05, 3.63) is 101 Å². The maximum absolute atomic E-state index is 13.4. The topological polar surface area (TPSA) is 62.2 Å². The molecule has 6 nitrogen and oxygen atoms in total. The molecule has 0 radical (unpaired) electrons. The number of methoxy groups -OCH3 is 1. The Morgan fingerprint density at radius 2 is 1.68 bits per heavy atom. The molecule has 192 valence electrons. The van der Waals surface area contributed by atoms with E-state index in [-0.39, 0.29) is 12.1 Å². The van der Waals surface area contributed by atoms with Gasteiger partial charge in [0.25, 0.3) is 11.8 Å². The number of alkyl halides is 3. The molecule has 0 bridgehead atoms. The van der Waals surface area contributed by atoms with E-state index >= 15 is 0 Å². The SMILES string of the molecule is COc1ccccc1[C@@H]1CC(c2ccc(F)cc2)=NN1C(=O)CN(C)C(=O)c1ccc(C(F)(F)F)cc1. The first-order valence-corrected chi connectivity index (χ1v) is 11.3. The Balaban J connectivity index is 1.58. The van der Waals surface area contributed by atoms with Crippen LogP contribution in [0, 0.1) is 5.82 Å². The highest BCUT2D eigenvalue weighted by molar-refractivity contribution is 6.03. The molecule has 0 spiro atoms. The number of rotatable bonds is 6. The molecule has 1 aliphatic rings. The number of hydrogen-bond acceptors (Lipinski definition) is 4. The van der Waals surface area contributed by atoms with Crippen LogP contribution in [0.4, 0.5) is 17.6 Å². The van der Waals surface area contributed by atoms with Gasteiger partial charge in [0.1, 0.15) is 18.1 Å². The average molecular weight is 513 g/mol. The van der Waals surface area contributed by atoms with Crippen molar-refractivity contribution in [2.75, 3.05) is 20.7 Å². The Labute approximate surface area is 210 Å². The summed E-state index contributed by atoms with van der Waals surface area (Å²) in [7, 11) is 2.90. The summed E-state index contributed by atoms with van der Waals surface area (Å²) in [6.45, 7) is -0.369. The molecule has 2 amide bonds. The minimum absolute atomic E-state index is 0.0153. The van der Waals surface area contributed by atoms with Crippen molar-refractivity contribution in [1.29, 1.82) is 0 Å². The van der Waals surface area contributed by atoms with Gasteiger partial charge in [-0.15, -0.1) is 0 Å². The number of carbonyl (C=O) groups is 2. The van der Waals surface area contributed by atoms with Crippen molar-refractivity contribution in [3.8, 4) is 5.75 Å². The second kappa shape index (κ2) is 10.4. The van der Waals surface area contributed by atoms with Crippen molar-refractivity contribution in [2.24, 2.45) is 5.10 Å². The van der Waals surface area contributed by atoms with Crippen LogP contribution in [0.5, 0.6) is 5.75 Å². The van der Waals surface area contributed by atoms with Gasteiger partial charge in [-0.25, -0.2) is 9.40 Å². The summed E-state index contributed by atoms with van der Waals surface area (Å²) < 4.78 is 57.4. The van der Waals surface area contributed by atoms with Crippen molar-refractivity contribution < 1.29 is 31.9 Å². The lowest BCUT2D eigenvalue weighted by Gasteiger charge is -2.26. The second-order valence-electron chi connectivity index (χ2n) is 8.49. The first-order valence-electron chi connectivity index (χ1n) is 11.3. The smallest absolute Gasteiger partial charge is 0.416 e. The van der Waals surface area contributed by atoms with Crippen LogP contribution in [-0.4, -0.2) is 48.1 Å². The highest BCUT2D eigenvalue weighted by atomic mass is 19.4. The molecule has 0 aromatic heterocycles. The number of para-hydroxylation sites is 1. The predicted octanol–water partition coefficient (Wildman–Crippen LogP) is 5.30. The van der Waals surface area contributed by atoms with Gasteiger partial charge in [0, 0.05) is 24.6 Å². The first kappa shape index (κ1) is 25.9. The van der Waals surface area contributed by atoms with Gasteiger partial charge < -0.3 is 9.64 Å². The van der Waals surface area contributed by atoms with Crippen LogP contribution in [0.1, 0.15) is 39.5 Å². The standard InChI is InChI=1S/C27H23F4N3O3/c1-33(26(36)18-7-11-19(12-8-18)27(29,30)31)16-25(35)34-23(21-5-3-4-6-24(21)37-2)15-22(32-34)17-9-13-20(28)14-10-17/h3-14,23H,15-16H2,1-2H3/t23-/m0/s1. The molecule has 0 saturated carbocycles. The van der Waals surface area contributed by atoms with Gasteiger partial charge in [-0.05, 0) is 48.0 Å². The number of hydrazone groups is 1. The van der Waals surface area contributed by atoms with Gasteiger partial charge in [0.15, 0.2) is 0 Å². The maximum atomic E-state index is 13.4. The number of nitrogens with zero attached hydrogens (tertiary/aromatic N) is 3. The normalized spacial score (nSPS) is 15.4. The van der Waals surface area contributed by atoms with Crippen molar-refractivity contribution >= 4 is 17.5 Å². The van der Waals surface area contributed by atoms with E-state index in [1.807, 2.05) is 6.07 Å². The zero-order valence-electron chi connectivity index (χ0n) is 20.0. The number of halogens is 4. The van der Waals surface area contributed by atoms with Crippen LogP contribution in [0.15, 0.2) is 77.9 Å². The van der Waals surface area contributed by atoms with E-state index in [2.05, 4.69) is 5.10 Å². The van der Waals surface area contributed by atoms with Crippen LogP contribution in [0.3, 0.4) is 0 Å². The first-order chi connectivity index (χ1) is 17.6. The summed E-state index contributed by atoms with van der Waals surface area (Å²) in [5, 5.41) is 5.78. The van der Waals surface area contributed by atoms with Crippen LogP contribution in [0.25, 0.3) is 0 Å². The molecule has 3 aromatic carbocycles. The minimum Gasteiger partial charge on any atom is -0.496 e. The number of hydrogen-bond donors (Lipinski definition) is 0. The molecular formula is C27H23F4N3O3. The maximum Gasteiger partial charge on any atom is 0.416 e. The molecule has 1 atom stereocenters. The number of carbonyl (C=O) groups excluding carboxylic acids is 2. The molecule has 0 unspecified atom stereocenters. The van der Waals surface area contributed by atoms with E-state index in [0.717, 1.165) is 29.2 Å². The van der Waals surface area contributed by atoms with Crippen molar-refractivity contribution in [3.63, 3.8) is 0 Å². The summed E-state index contributed by atoms with van der Waals surface area (Å²) in [6.07, 6.45) is -4.19. The molecule has 0 saturated heterocycles. The molecule has 0 fully saturated rings. The third-order valence-corrected chi connectivity index (χ3v) is 6.02. The lowest BCUT2D eigenvalue weighted by atomic mass is 9.97. The van der Waals surface area contributed by atoms with Crippen LogP contribution in [-0.2, 0) is 11.0 Å². The summed E-state index contributed by atoms with van der Waals surface area (Å²) in [5.74, 6) is -0.969. The Morgan fingerprint density at radius 1 is 1.03 bits per heavy atom. The zero-order chi connectivity index (χ0) is 26.7. The van der Waals surface area contributed by atoms with Gasteiger partial charge in [-0.3, -0.25) is 9.59 Å². The Morgan fingerprint density at radius 3 is 2.30 bits per heavy atom. The molecule has 1 heterocycles. The number of ether oxygens (including phenoxy) is 1. The van der Waals surface area contributed by atoms with E-state index in [1.54, 1.807) is 30.3 Å². The van der Waals surface area contributed by atoms with Gasteiger partial charge in [-0.1, -0.05) is 30.3 Å². The monoisotopic (exact) mass is 513 g/mol. The van der Waals surface area contributed by atoms with Gasteiger partial charge in [-0.2, -0.15) is 18.3 Å². The summed E-state index contributed by atoms with van der Waals surface area (Å²) in [6, 6.07) is 16.2. The van der Waals surface area contributed by atoms with E-state index in [1.165, 1.54) is 31.3 Å². The molecule has 0 aliphatic carbocycles. The Hall–Kier alpha value is -4.21. The fraction of sp³-hybridized carbons (Fsp3) is 0.222. The molecule has 0 N–H and O–H groups in total. The zero-order valence-corrected chi connectivity index (χ0v) is 20.0. The average Bonchev–Trinajstić information content (AvgIpc) is 3.33. The molecule has 37 heavy (non-hydrogen) atoms. The van der Waals surface area contributed by atoms with Crippen LogP contribution < -0.4 is 4.74 Å². The molecule has 1 aliphatic heterocycles. The number of likely N-dealkylation sites (N-methyl/N-ethyl adjacent to an activating group) is 1. The fourth-order valence-corrected chi connectivity index (χ4v) is 4.11. The summed E-state index contributed by atoms with van der Waals surface area (Å²) in [5.41, 5.74) is 1.05. The van der Waals surface area contributed by atoms with E-state index in [4.69, 9.17) is 4.74 Å². The Kier molecular flexibility index (Phi) is 7.28. The highest BCUT2D eigenvalue weighted by Gasteiger charge is 2.36. The molecular weight excluding hydrogens is 490 g/mol. The minimum atomic E-state index is -4.52. The predicted molar refractivity (Wildman–Crippen MR) is 129 cm³/mol. The summed E-state index contributed by atoms with van der Waals surface area (Å²) in [4.78, 5) is 27.3. The van der Waals surface area contributed by atoms with Crippen LogP contribution in [0.2, 0.25) is 0 Å². The molecule has 3 aromatic rings. The number of amides is 2. The highest BCUT2D eigenvalue weighted by Crippen LogP contribution is 2.37. The van der Waals surface area contributed by atoms with Gasteiger partial charge in [0.2, 0.25) is 0 Å². The van der Waals surface area contributed by atoms with Crippen LogP contribution >= 0.6 is 0 Å². The van der Waals surface area contributed by atoms with Crippen molar-refractivity contribution in [2.45, 2.75) is 18.6 Å². The van der Waals surface area contributed by atoms with E-state index in [0.29, 0.717) is 29.0 Å². The lowest BCUT2D eigenvalue weighted by molar-refractivity contribution is -0.137. The van der Waals surface area contributed by atoms with Crippen molar-refractivity contribution in [1.82, 2.24) is 9.91 Å². The molecule has 10 heteroatoms. The third-order valence-electron chi connectivity index (χ3n) is 6.02. The fourth-order valence-electron chi connectivity index (χ4n) is 4.11. The second-order valence-corrected chi connectivity index (χ2v) is 8.49. The van der Waals surface area contributed by atoms with E-state index < -0.39 is 35.4 Å². The van der Waals surface area contributed by atoms with Gasteiger partial charge in [0.05, 0.1) is 24.4 Å². The lowest BCUT2D eigenvalue weighted by Crippen LogP contribution is -2.39. The summed E-state index contributed by atoms with van der Waals surface area (Å²) >= 11 is 0. The quantitative estimate of drug-likeness (QED) is 0.420. The van der Waals surface area contributed by atoms with Gasteiger partial charge >= 0.3 is 6.18 Å². The number of benzene rings is 3.